The lowest BCUT2D eigenvalue weighted by atomic mass is 10.3. The molecule has 1 heterocycles. The Labute approximate surface area is 159 Å². The standard InChI is InChI=1S/C17H23N5O.HI/c1-3-18-17(20-13-4-5-13)19-12-14-10-11-22(21-14)15-6-8-16(23-2)9-7-15;/h6-11,13H,3-5,12H2,1-2H3,(H2,18,19,20);1H. The molecule has 0 aliphatic heterocycles. The van der Waals surface area contributed by atoms with Gasteiger partial charge in [0, 0.05) is 18.8 Å². The molecule has 1 aromatic carbocycles. The molecule has 0 amide bonds. The van der Waals surface area contributed by atoms with Crippen LogP contribution in [0.3, 0.4) is 0 Å². The fourth-order valence-corrected chi connectivity index (χ4v) is 2.23. The molecule has 2 aromatic rings. The van der Waals surface area contributed by atoms with Crippen molar-refractivity contribution >= 4 is 29.9 Å². The Hall–Kier alpha value is -1.77. The van der Waals surface area contributed by atoms with E-state index in [1.165, 1.54) is 12.8 Å². The highest BCUT2D eigenvalue weighted by molar-refractivity contribution is 14.0. The van der Waals surface area contributed by atoms with Crippen molar-refractivity contribution in [1.82, 2.24) is 20.4 Å². The number of hydrogen-bond donors (Lipinski definition) is 2. The number of hydrogen-bond acceptors (Lipinski definition) is 3. The molecule has 1 aliphatic rings. The van der Waals surface area contributed by atoms with Crippen LogP contribution < -0.4 is 15.4 Å². The van der Waals surface area contributed by atoms with Crippen LogP contribution in [0.4, 0.5) is 0 Å². The smallest absolute Gasteiger partial charge is 0.191 e. The first-order chi connectivity index (χ1) is 11.3. The van der Waals surface area contributed by atoms with E-state index < -0.39 is 0 Å². The second-order valence-electron chi connectivity index (χ2n) is 5.56. The predicted octanol–water partition coefficient (Wildman–Crippen LogP) is 2.72. The van der Waals surface area contributed by atoms with E-state index in [1.54, 1.807) is 7.11 Å². The zero-order valence-corrected chi connectivity index (χ0v) is 16.4. The minimum absolute atomic E-state index is 0. The molecule has 2 N–H and O–H groups in total. The lowest BCUT2D eigenvalue weighted by Crippen LogP contribution is -2.38. The Bertz CT molecular complexity index is 664. The molecule has 0 spiro atoms. The molecule has 0 radical (unpaired) electrons. The van der Waals surface area contributed by atoms with E-state index in [-0.39, 0.29) is 24.0 Å². The van der Waals surface area contributed by atoms with Gasteiger partial charge in [-0.25, -0.2) is 9.67 Å². The van der Waals surface area contributed by atoms with Crippen molar-refractivity contribution in [1.29, 1.82) is 0 Å². The van der Waals surface area contributed by atoms with Crippen LogP contribution in [0.5, 0.6) is 5.75 Å². The van der Waals surface area contributed by atoms with Gasteiger partial charge in [-0.05, 0) is 50.1 Å². The van der Waals surface area contributed by atoms with Gasteiger partial charge in [-0.2, -0.15) is 5.10 Å². The molecule has 1 aliphatic carbocycles. The number of guanidine groups is 1. The van der Waals surface area contributed by atoms with Gasteiger partial charge in [-0.15, -0.1) is 24.0 Å². The van der Waals surface area contributed by atoms with Crippen LogP contribution in [0.2, 0.25) is 0 Å². The zero-order chi connectivity index (χ0) is 16.1. The van der Waals surface area contributed by atoms with Gasteiger partial charge in [0.25, 0.3) is 0 Å². The summed E-state index contributed by atoms with van der Waals surface area (Å²) in [6, 6.07) is 10.4. The van der Waals surface area contributed by atoms with E-state index in [2.05, 4.69) is 27.6 Å². The Kier molecular flexibility index (Phi) is 6.89. The zero-order valence-electron chi connectivity index (χ0n) is 14.0. The summed E-state index contributed by atoms with van der Waals surface area (Å²) in [7, 11) is 1.66. The SMILES string of the molecule is CCNC(=NCc1ccn(-c2ccc(OC)cc2)n1)NC1CC1.I. The lowest BCUT2D eigenvalue weighted by Gasteiger charge is -2.09. The summed E-state index contributed by atoms with van der Waals surface area (Å²) in [5, 5.41) is 11.2. The van der Waals surface area contributed by atoms with Gasteiger partial charge in [-0.1, -0.05) is 0 Å². The Morgan fingerprint density at radius 1 is 1.29 bits per heavy atom. The normalized spacial score (nSPS) is 14.0. The van der Waals surface area contributed by atoms with E-state index in [9.17, 15) is 0 Å². The third-order valence-electron chi connectivity index (χ3n) is 3.64. The lowest BCUT2D eigenvalue weighted by molar-refractivity contribution is 0.414. The summed E-state index contributed by atoms with van der Waals surface area (Å²) in [6.07, 6.45) is 4.42. The van der Waals surface area contributed by atoms with Crippen molar-refractivity contribution in [2.75, 3.05) is 13.7 Å². The monoisotopic (exact) mass is 441 g/mol. The summed E-state index contributed by atoms with van der Waals surface area (Å²) in [5.41, 5.74) is 1.94. The number of halogens is 1. The number of nitrogens with one attached hydrogen (secondary N) is 2. The molecule has 1 aromatic heterocycles. The molecule has 1 fully saturated rings. The molecule has 0 bridgehead atoms. The highest BCUT2D eigenvalue weighted by Crippen LogP contribution is 2.18. The molecule has 7 heteroatoms. The fourth-order valence-electron chi connectivity index (χ4n) is 2.23. The fraction of sp³-hybridized carbons (Fsp3) is 0.412. The van der Waals surface area contributed by atoms with Crippen LogP contribution in [-0.4, -0.2) is 35.4 Å². The summed E-state index contributed by atoms with van der Waals surface area (Å²) < 4.78 is 7.03. The van der Waals surface area contributed by atoms with E-state index in [4.69, 9.17) is 4.74 Å². The quantitative estimate of drug-likeness (QED) is 0.411. The van der Waals surface area contributed by atoms with Gasteiger partial charge in [0.05, 0.1) is 25.0 Å². The van der Waals surface area contributed by atoms with E-state index in [0.717, 1.165) is 29.6 Å². The molecule has 0 atom stereocenters. The van der Waals surface area contributed by atoms with Crippen LogP contribution >= 0.6 is 24.0 Å². The van der Waals surface area contributed by atoms with Crippen LogP contribution in [0.15, 0.2) is 41.5 Å². The minimum atomic E-state index is 0. The second kappa shape index (κ2) is 8.91. The van der Waals surface area contributed by atoms with Gasteiger partial charge < -0.3 is 15.4 Å². The number of benzene rings is 1. The molecule has 130 valence electrons. The third-order valence-corrected chi connectivity index (χ3v) is 3.64. The van der Waals surface area contributed by atoms with Gasteiger partial charge in [0.1, 0.15) is 5.75 Å². The first-order valence-corrected chi connectivity index (χ1v) is 8.02. The Balaban J connectivity index is 0.00000208. The van der Waals surface area contributed by atoms with Gasteiger partial charge in [-0.3, -0.25) is 0 Å². The third kappa shape index (κ3) is 5.12. The number of aliphatic imine (C=N–C) groups is 1. The maximum Gasteiger partial charge on any atom is 0.191 e. The van der Waals surface area contributed by atoms with E-state index >= 15 is 0 Å². The summed E-state index contributed by atoms with van der Waals surface area (Å²) in [5.74, 6) is 1.71. The number of aromatic nitrogens is 2. The number of methoxy groups -OCH3 is 1. The Morgan fingerprint density at radius 2 is 2.04 bits per heavy atom. The first-order valence-electron chi connectivity index (χ1n) is 8.02. The molecule has 24 heavy (non-hydrogen) atoms. The summed E-state index contributed by atoms with van der Waals surface area (Å²) >= 11 is 0. The maximum atomic E-state index is 5.17. The topological polar surface area (TPSA) is 63.5 Å². The average Bonchev–Trinajstić information content (AvgIpc) is 3.27. The summed E-state index contributed by atoms with van der Waals surface area (Å²) in [4.78, 5) is 4.60. The van der Waals surface area contributed by atoms with Crippen molar-refractivity contribution in [2.24, 2.45) is 4.99 Å². The van der Waals surface area contributed by atoms with Crippen molar-refractivity contribution in [3.8, 4) is 11.4 Å². The van der Waals surface area contributed by atoms with E-state index in [1.807, 2.05) is 41.2 Å². The van der Waals surface area contributed by atoms with Crippen molar-refractivity contribution in [3.63, 3.8) is 0 Å². The van der Waals surface area contributed by atoms with Crippen LogP contribution in [-0.2, 0) is 6.54 Å². The molecule has 0 saturated heterocycles. The number of nitrogens with zero attached hydrogens (tertiary/aromatic N) is 3. The molecule has 3 rings (SSSR count). The van der Waals surface area contributed by atoms with Crippen molar-refractivity contribution in [2.45, 2.75) is 32.4 Å². The van der Waals surface area contributed by atoms with Crippen molar-refractivity contribution in [3.05, 3.63) is 42.2 Å². The molecular weight excluding hydrogens is 417 g/mol. The largest absolute Gasteiger partial charge is 0.497 e. The molecule has 1 saturated carbocycles. The van der Waals surface area contributed by atoms with Gasteiger partial charge in [0.2, 0.25) is 0 Å². The highest BCUT2D eigenvalue weighted by atomic mass is 127. The maximum absolute atomic E-state index is 5.17. The molecule has 6 nitrogen and oxygen atoms in total. The van der Waals surface area contributed by atoms with E-state index in [0.29, 0.717) is 12.6 Å². The Morgan fingerprint density at radius 3 is 2.67 bits per heavy atom. The second-order valence-corrected chi connectivity index (χ2v) is 5.56. The minimum Gasteiger partial charge on any atom is -0.497 e. The number of ether oxygens (including phenoxy) is 1. The molecular formula is C17H24IN5O. The van der Waals surface area contributed by atoms with Crippen LogP contribution in [0.1, 0.15) is 25.5 Å². The van der Waals surface area contributed by atoms with Gasteiger partial charge >= 0.3 is 0 Å². The first kappa shape index (κ1) is 18.6. The highest BCUT2D eigenvalue weighted by Gasteiger charge is 2.22. The molecule has 0 unspecified atom stereocenters. The van der Waals surface area contributed by atoms with Gasteiger partial charge in [0.15, 0.2) is 5.96 Å². The predicted molar refractivity (Wildman–Crippen MR) is 107 cm³/mol. The number of rotatable bonds is 6. The van der Waals surface area contributed by atoms with Crippen molar-refractivity contribution < 1.29 is 4.74 Å². The average molecular weight is 441 g/mol. The van der Waals surface area contributed by atoms with Crippen LogP contribution in [0, 0.1) is 0 Å². The van der Waals surface area contributed by atoms with Crippen LogP contribution in [0.25, 0.3) is 5.69 Å². The summed E-state index contributed by atoms with van der Waals surface area (Å²) in [6.45, 7) is 3.49.